The largest absolute Gasteiger partial charge is 0.314 e. The molecule has 96 valence electrons. The zero-order chi connectivity index (χ0) is 11.9. The Morgan fingerprint density at radius 2 is 2.47 bits per heavy atom. The summed E-state index contributed by atoms with van der Waals surface area (Å²) < 4.78 is 1.22. The summed E-state index contributed by atoms with van der Waals surface area (Å²) in [5.41, 5.74) is 0. The van der Waals surface area contributed by atoms with Crippen LogP contribution in [0.3, 0.4) is 0 Å². The molecule has 0 radical (unpaired) electrons. The number of hydrogen-bond acceptors (Lipinski definition) is 4. The number of thiazole rings is 1. The minimum atomic E-state index is 0.784. The van der Waals surface area contributed by atoms with Gasteiger partial charge in [0.05, 0.1) is 0 Å². The van der Waals surface area contributed by atoms with Gasteiger partial charge in [0.1, 0.15) is 4.34 Å². The molecule has 2 nitrogen and oxygen atoms in total. The van der Waals surface area contributed by atoms with Crippen LogP contribution in [0, 0.1) is 5.92 Å². The predicted molar refractivity (Wildman–Crippen MR) is 76.9 cm³/mol. The fourth-order valence-corrected chi connectivity index (χ4v) is 4.34. The Labute approximate surface area is 113 Å². The molecule has 0 saturated heterocycles. The first kappa shape index (κ1) is 13.4. The lowest BCUT2D eigenvalue weighted by atomic mass is 10.0. The van der Waals surface area contributed by atoms with E-state index >= 15 is 0 Å². The monoisotopic (exact) mass is 270 g/mol. The van der Waals surface area contributed by atoms with Gasteiger partial charge < -0.3 is 5.32 Å². The van der Waals surface area contributed by atoms with Crippen molar-refractivity contribution in [3.63, 3.8) is 0 Å². The Morgan fingerprint density at radius 1 is 1.53 bits per heavy atom. The molecule has 1 N–H and O–H groups in total. The quantitative estimate of drug-likeness (QED) is 0.763. The van der Waals surface area contributed by atoms with Gasteiger partial charge in [-0.3, -0.25) is 0 Å². The van der Waals surface area contributed by atoms with Crippen LogP contribution in [0.4, 0.5) is 0 Å². The molecule has 0 aromatic carbocycles. The average Bonchev–Trinajstić information content (AvgIpc) is 2.98. The highest BCUT2D eigenvalue weighted by molar-refractivity contribution is 8.00. The molecular weight excluding hydrogens is 248 g/mol. The summed E-state index contributed by atoms with van der Waals surface area (Å²) in [4.78, 5) is 4.31. The van der Waals surface area contributed by atoms with E-state index in [4.69, 9.17) is 0 Å². The lowest BCUT2D eigenvalue weighted by Gasteiger charge is -2.20. The predicted octanol–water partition coefficient (Wildman–Crippen LogP) is 3.79. The summed E-state index contributed by atoms with van der Waals surface area (Å²) in [6.45, 7) is 3.43. The topological polar surface area (TPSA) is 24.9 Å². The number of nitrogens with zero attached hydrogens (tertiary/aromatic N) is 1. The summed E-state index contributed by atoms with van der Waals surface area (Å²) in [6.07, 6.45) is 8.69. The minimum absolute atomic E-state index is 0.784. The van der Waals surface area contributed by atoms with Crippen LogP contribution in [0.25, 0.3) is 0 Å². The molecule has 0 aliphatic heterocycles. The maximum Gasteiger partial charge on any atom is 0.149 e. The maximum absolute atomic E-state index is 4.31. The summed E-state index contributed by atoms with van der Waals surface area (Å²) >= 11 is 3.68. The van der Waals surface area contributed by atoms with Crippen molar-refractivity contribution in [1.29, 1.82) is 0 Å². The number of thioether (sulfide) groups is 1. The van der Waals surface area contributed by atoms with Crippen molar-refractivity contribution in [1.82, 2.24) is 10.3 Å². The van der Waals surface area contributed by atoms with Gasteiger partial charge in [0, 0.05) is 23.4 Å². The highest BCUT2D eigenvalue weighted by Gasteiger charge is 2.25. The van der Waals surface area contributed by atoms with Crippen molar-refractivity contribution in [2.24, 2.45) is 5.92 Å². The standard InChI is InChI=1S/C13H22N2S2/c1-2-7-14-12-5-3-4-11(12)6-9-16-13-15-8-10-17-13/h8,10-12,14H,2-7,9H2,1H3. The molecule has 1 aliphatic carbocycles. The molecule has 0 amide bonds. The minimum Gasteiger partial charge on any atom is -0.314 e. The van der Waals surface area contributed by atoms with Crippen LogP contribution in [-0.2, 0) is 0 Å². The summed E-state index contributed by atoms with van der Waals surface area (Å²) in [5.74, 6) is 2.12. The van der Waals surface area contributed by atoms with E-state index in [1.807, 2.05) is 18.0 Å². The average molecular weight is 270 g/mol. The van der Waals surface area contributed by atoms with Crippen LogP contribution in [-0.4, -0.2) is 23.3 Å². The molecule has 0 spiro atoms. The van der Waals surface area contributed by atoms with E-state index in [1.165, 1.54) is 48.7 Å². The van der Waals surface area contributed by atoms with Crippen molar-refractivity contribution in [3.8, 4) is 0 Å². The lowest BCUT2D eigenvalue weighted by molar-refractivity contribution is 0.393. The third-order valence-corrected chi connectivity index (χ3v) is 5.44. The van der Waals surface area contributed by atoms with Gasteiger partial charge in [-0.05, 0) is 38.1 Å². The van der Waals surface area contributed by atoms with Crippen molar-refractivity contribution in [2.45, 2.75) is 49.4 Å². The first-order valence-electron chi connectivity index (χ1n) is 6.66. The van der Waals surface area contributed by atoms with Crippen LogP contribution in [0.1, 0.15) is 39.0 Å². The third-order valence-electron chi connectivity index (χ3n) is 3.44. The van der Waals surface area contributed by atoms with Gasteiger partial charge in [0.2, 0.25) is 0 Å². The first-order chi connectivity index (χ1) is 8.40. The second-order valence-electron chi connectivity index (χ2n) is 4.69. The summed E-state index contributed by atoms with van der Waals surface area (Å²) in [6, 6.07) is 0.784. The van der Waals surface area contributed by atoms with Gasteiger partial charge in [-0.2, -0.15) is 0 Å². The fourth-order valence-electron chi connectivity index (χ4n) is 2.56. The van der Waals surface area contributed by atoms with Crippen molar-refractivity contribution >= 4 is 23.1 Å². The molecule has 1 aromatic heterocycles. The van der Waals surface area contributed by atoms with Crippen LogP contribution in [0.2, 0.25) is 0 Å². The fraction of sp³-hybridized carbons (Fsp3) is 0.769. The highest BCUT2D eigenvalue weighted by Crippen LogP contribution is 2.31. The van der Waals surface area contributed by atoms with E-state index in [9.17, 15) is 0 Å². The molecule has 2 rings (SSSR count). The van der Waals surface area contributed by atoms with Crippen LogP contribution >= 0.6 is 23.1 Å². The van der Waals surface area contributed by atoms with E-state index in [-0.39, 0.29) is 0 Å². The Morgan fingerprint density at radius 3 is 3.24 bits per heavy atom. The van der Waals surface area contributed by atoms with E-state index in [2.05, 4.69) is 22.6 Å². The van der Waals surface area contributed by atoms with E-state index in [0.29, 0.717) is 0 Å². The zero-order valence-electron chi connectivity index (χ0n) is 10.5. The van der Waals surface area contributed by atoms with Gasteiger partial charge >= 0.3 is 0 Å². The number of nitrogens with one attached hydrogen (secondary N) is 1. The van der Waals surface area contributed by atoms with E-state index < -0.39 is 0 Å². The van der Waals surface area contributed by atoms with Crippen LogP contribution in [0.15, 0.2) is 15.9 Å². The summed E-state index contributed by atoms with van der Waals surface area (Å²) in [5, 5.41) is 5.76. The third kappa shape index (κ3) is 4.27. The molecule has 17 heavy (non-hydrogen) atoms. The highest BCUT2D eigenvalue weighted by atomic mass is 32.2. The van der Waals surface area contributed by atoms with E-state index in [1.54, 1.807) is 11.3 Å². The van der Waals surface area contributed by atoms with Crippen LogP contribution < -0.4 is 5.32 Å². The molecular formula is C13H22N2S2. The van der Waals surface area contributed by atoms with Gasteiger partial charge in [-0.15, -0.1) is 11.3 Å². The molecule has 1 fully saturated rings. The van der Waals surface area contributed by atoms with Crippen molar-refractivity contribution in [3.05, 3.63) is 11.6 Å². The maximum atomic E-state index is 4.31. The molecule has 1 heterocycles. The van der Waals surface area contributed by atoms with Crippen molar-refractivity contribution in [2.75, 3.05) is 12.3 Å². The second-order valence-corrected chi connectivity index (χ2v) is 6.92. The normalized spacial score (nSPS) is 24.3. The summed E-state index contributed by atoms with van der Waals surface area (Å²) in [7, 11) is 0. The molecule has 1 aromatic rings. The Hall–Kier alpha value is -0.0600. The van der Waals surface area contributed by atoms with Gasteiger partial charge in [-0.25, -0.2) is 4.98 Å². The molecule has 2 atom stereocenters. The second kappa shape index (κ2) is 7.39. The van der Waals surface area contributed by atoms with Crippen LogP contribution in [0.5, 0.6) is 0 Å². The number of hydrogen-bond donors (Lipinski definition) is 1. The first-order valence-corrected chi connectivity index (χ1v) is 8.52. The molecule has 2 unspecified atom stereocenters. The van der Waals surface area contributed by atoms with E-state index in [0.717, 1.165) is 12.0 Å². The van der Waals surface area contributed by atoms with Gasteiger partial charge in [-0.1, -0.05) is 25.1 Å². The number of aromatic nitrogens is 1. The van der Waals surface area contributed by atoms with Crippen molar-refractivity contribution < 1.29 is 0 Å². The SMILES string of the molecule is CCCNC1CCCC1CCSc1nccs1. The Balaban J connectivity index is 1.67. The Bertz CT molecular complexity index is 300. The molecule has 1 saturated carbocycles. The Kier molecular flexibility index (Phi) is 5.81. The zero-order valence-corrected chi connectivity index (χ0v) is 12.2. The molecule has 1 aliphatic rings. The lowest BCUT2D eigenvalue weighted by Crippen LogP contribution is -2.33. The molecule has 0 bridgehead atoms. The number of rotatable bonds is 7. The molecule has 4 heteroatoms. The van der Waals surface area contributed by atoms with Gasteiger partial charge in [0.15, 0.2) is 0 Å². The smallest absolute Gasteiger partial charge is 0.149 e. The van der Waals surface area contributed by atoms with Gasteiger partial charge in [0.25, 0.3) is 0 Å².